The van der Waals surface area contributed by atoms with Crippen LogP contribution in [0.1, 0.15) is 54.3 Å². The predicted octanol–water partition coefficient (Wildman–Crippen LogP) is 5.35. The Kier molecular flexibility index (Phi) is 9.89. The highest BCUT2D eigenvalue weighted by molar-refractivity contribution is 5.97. The Balaban J connectivity index is 1.44. The second kappa shape index (κ2) is 13.7. The number of unbranched alkanes of at least 4 members (excludes halogenated alkanes) is 1. The molecule has 2 amide bonds. The molecule has 0 saturated heterocycles. The first kappa shape index (κ1) is 28.1. The molecule has 4 rings (SSSR count). The molecule has 1 saturated carbocycles. The van der Waals surface area contributed by atoms with E-state index in [2.05, 4.69) is 6.92 Å². The topological polar surface area (TPSA) is 81.5 Å². The van der Waals surface area contributed by atoms with Gasteiger partial charge in [0.1, 0.15) is 18.1 Å². The van der Waals surface area contributed by atoms with Crippen molar-refractivity contribution in [2.24, 2.45) is 0 Å². The van der Waals surface area contributed by atoms with Gasteiger partial charge in [-0.3, -0.25) is 9.59 Å². The predicted molar refractivity (Wildman–Crippen MR) is 148 cm³/mol. The second-order valence-electron chi connectivity index (χ2n) is 9.72. The first-order chi connectivity index (χ1) is 19.0. The number of methoxy groups -OCH3 is 2. The SMILES string of the molecule is CCCCOc1ccc(C(=O)N(CC(=O)N(CCc2ccc(OC)c(OC)c2)Cc2ccco2)C2CC2)cc1. The average Bonchev–Trinajstić information content (AvgIpc) is 3.68. The van der Waals surface area contributed by atoms with Gasteiger partial charge >= 0.3 is 0 Å². The van der Waals surface area contributed by atoms with Crippen LogP contribution in [-0.4, -0.2) is 61.6 Å². The van der Waals surface area contributed by atoms with Gasteiger partial charge in [0.05, 0.1) is 33.6 Å². The van der Waals surface area contributed by atoms with Gasteiger partial charge in [0.2, 0.25) is 5.91 Å². The molecule has 0 aliphatic heterocycles. The largest absolute Gasteiger partial charge is 0.494 e. The van der Waals surface area contributed by atoms with Crippen LogP contribution in [0.5, 0.6) is 17.2 Å². The van der Waals surface area contributed by atoms with Crippen LogP contribution in [0.3, 0.4) is 0 Å². The van der Waals surface area contributed by atoms with E-state index in [1.807, 2.05) is 42.5 Å². The minimum absolute atomic E-state index is 0.0187. The monoisotopic (exact) mass is 534 g/mol. The fraction of sp³-hybridized carbons (Fsp3) is 0.419. The van der Waals surface area contributed by atoms with Gasteiger partial charge in [0, 0.05) is 18.2 Å². The quantitative estimate of drug-likeness (QED) is 0.245. The highest BCUT2D eigenvalue weighted by atomic mass is 16.5. The van der Waals surface area contributed by atoms with Crippen LogP contribution in [0.15, 0.2) is 65.3 Å². The Morgan fingerprint density at radius 2 is 1.77 bits per heavy atom. The number of amides is 2. The minimum Gasteiger partial charge on any atom is -0.494 e. The summed E-state index contributed by atoms with van der Waals surface area (Å²) in [5, 5.41) is 0. The van der Waals surface area contributed by atoms with E-state index in [-0.39, 0.29) is 24.4 Å². The molecule has 1 aliphatic carbocycles. The van der Waals surface area contributed by atoms with Gasteiger partial charge in [0.15, 0.2) is 11.5 Å². The molecule has 0 bridgehead atoms. The molecule has 208 valence electrons. The van der Waals surface area contributed by atoms with Crippen LogP contribution in [0.25, 0.3) is 0 Å². The first-order valence-corrected chi connectivity index (χ1v) is 13.6. The van der Waals surface area contributed by atoms with Crippen molar-refractivity contribution < 1.29 is 28.2 Å². The number of rotatable bonds is 15. The van der Waals surface area contributed by atoms with Gasteiger partial charge in [0.25, 0.3) is 5.91 Å². The Morgan fingerprint density at radius 3 is 2.41 bits per heavy atom. The Bertz CT molecular complexity index is 1200. The van der Waals surface area contributed by atoms with Crippen molar-refractivity contribution >= 4 is 11.8 Å². The van der Waals surface area contributed by atoms with Crippen LogP contribution in [-0.2, 0) is 17.8 Å². The van der Waals surface area contributed by atoms with Crippen molar-refractivity contribution in [1.82, 2.24) is 9.80 Å². The smallest absolute Gasteiger partial charge is 0.254 e. The number of carbonyl (C=O) groups excluding carboxylic acids is 2. The summed E-state index contributed by atoms with van der Waals surface area (Å²) >= 11 is 0. The van der Waals surface area contributed by atoms with Crippen molar-refractivity contribution in [3.8, 4) is 17.2 Å². The van der Waals surface area contributed by atoms with E-state index in [0.717, 1.165) is 37.0 Å². The number of hydrogen-bond acceptors (Lipinski definition) is 6. The highest BCUT2D eigenvalue weighted by Crippen LogP contribution is 2.30. The van der Waals surface area contributed by atoms with Crippen LogP contribution in [0.4, 0.5) is 0 Å². The molecule has 3 aromatic rings. The zero-order valence-corrected chi connectivity index (χ0v) is 23.1. The van der Waals surface area contributed by atoms with E-state index in [1.54, 1.807) is 42.4 Å². The van der Waals surface area contributed by atoms with Gasteiger partial charge in [-0.25, -0.2) is 0 Å². The number of benzene rings is 2. The molecule has 1 aromatic heterocycles. The van der Waals surface area contributed by atoms with Crippen LogP contribution < -0.4 is 14.2 Å². The summed E-state index contributed by atoms with van der Waals surface area (Å²) in [6.45, 7) is 3.58. The van der Waals surface area contributed by atoms with E-state index < -0.39 is 0 Å². The number of nitrogens with zero attached hydrogens (tertiary/aromatic N) is 2. The summed E-state index contributed by atoms with van der Waals surface area (Å²) < 4.78 is 22.0. The van der Waals surface area contributed by atoms with Crippen molar-refractivity contribution in [1.29, 1.82) is 0 Å². The van der Waals surface area contributed by atoms with Crippen LogP contribution in [0, 0.1) is 0 Å². The number of furan rings is 1. The molecule has 1 heterocycles. The fourth-order valence-corrected chi connectivity index (χ4v) is 4.38. The summed E-state index contributed by atoms with van der Waals surface area (Å²) in [6, 6.07) is 16.7. The van der Waals surface area contributed by atoms with E-state index >= 15 is 0 Å². The van der Waals surface area contributed by atoms with Crippen molar-refractivity contribution in [2.75, 3.05) is 33.9 Å². The molecule has 8 heteroatoms. The van der Waals surface area contributed by atoms with Gasteiger partial charge < -0.3 is 28.4 Å². The third kappa shape index (κ3) is 7.78. The molecule has 2 aromatic carbocycles. The van der Waals surface area contributed by atoms with Crippen LogP contribution in [0.2, 0.25) is 0 Å². The maximum Gasteiger partial charge on any atom is 0.254 e. The van der Waals surface area contributed by atoms with E-state index in [0.29, 0.717) is 48.9 Å². The standard InChI is InChI=1S/C31H38N2O6/c1-4-5-18-38-26-13-9-24(10-14-26)31(35)33(25-11-12-25)22-30(34)32(21-27-7-6-19-39-27)17-16-23-8-15-28(36-2)29(20-23)37-3/h6-10,13-15,19-20,25H,4-5,11-12,16-18,21-22H2,1-3H3. The highest BCUT2D eigenvalue weighted by Gasteiger charge is 2.35. The summed E-state index contributed by atoms with van der Waals surface area (Å²) in [4.78, 5) is 30.5. The van der Waals surface area contributed by atoms with Gasteiger partial charge in [-0.15, -0.1) is 0 Å². The first-order valence-electron chi connectivity index (χ1n) is 13.6. The summed E-state index contributed by atoms with van der Waals surface area (Å²) in [6.07, 6.45) is 6.07. The number of hydrogen-bond donors (Lipinski definition) is 0. The molecule has 1 fully saturated rings. The molecule has 8 nitrogen and oxygen atoms in total. The lowest BCUT2D eigenvalue weighted by molar-refractivity contribution is -0.132. The third-order valence-electron chi connectivity index (χ3n) is 6.82. The maximum absolute atomic E-state index is 13.6. The molecular formula is C31H38N2O6. The van der Waals surface area contributed by atoms with Gasteiger partial charge in [-0.05, 0) is 79.8 Å². The average molecular weight is 535 g/mol. The van der Waals surface area contributed by atoms with Gasteiger partial charge in [-0.2, -0.15) is 0 Å². The Morgan fingerprint density at radius 1 is 1.00 bits per heavy atom. The van der Waals surface area contributed by atoms with E-state index in [4.69, 9.17) is 18.6 Å². The molecule has 0 atom stereocenters. The van der Waals surface area contributed by atoms with E-state index in [1.165, 1.54) is 0 Å². The summed E-state index contributed by atoms with van der Waals surface area (Å²) in [5.41, 5.74) is 1.57. The van der Waals surface area contributed by atoms with Crippen molar-refractivity contribution in [3.05, 3.63) is 77.7 Å². The Hall–Kier alpha value is -3.94. The Labute approximate surface area is 230 Å². The fourth-order valence-electron chi connectivity index (χ4n) is 4.38. The summed E-state index contributed by atoms with van der Waals surface area (Å²) in [7, 11) is 3.20. The van der Waals surface area contributed by atoms with Crippen LogP contribution >= 0.6 is 0 Å². The number of carbonyl (C=O) groups is 2. The zero-order valence-electron chi connectivity index (χ0n) is 23.1. The molecule has 39 heavy (non-hydrogen) atoms. The maximum atomic E-state index is 13.6. The lowest BCUT2D eigenvalue weighted by atomic mass is 10.1. The lowest BCUT2D eigenvalue weighted by Crippen LogP contribution is -2.44. The lowest BCUT2D eigenvalue weighted by Gasteiger charge is -2.27. The van der Waals surface area contributed by atoms with Crippen molar-refractivity contribution in [2.45, 2.75) is 51.6 Å². The third-order valence-corrected chi connectivity index (χ3v) is 6.82. The number of ether oxygens (including phenoxy) is 3. The molecular weight excluding hydrogens is 496 g/mol. The summed E-state index contributed by atoms with van der Waals surface area (Å²) in [5.74, 6) is 2.48. The van der Waals surface area contributed by atoms with Crippen molar-refractivity contribution in [3.63, 3.8) is 0 Å². The minimum atomic E-state index is -0.135. The second-order valence-corrected chi connectivity index (χ2v) is 9.72. The normalized spacial score (nSPS) is 12.6. The van der Waals surface area contributed by atoms with Gasteiger partial charge in [-0.1, -0.05) is 19.4 Å². The molecule has 1 aliphatic rings. The van der Waals surface area contributed by atoms with E-state index in [9.17, 15) is 9.59 Å². The zero-order chi connectivity index (χ0) is 27.6. The molecule has 0 radical (unpaired) electrons. The molecule has 0 unspecified atom stereocenters. The molecule has 0 spiro atoms. The molecule has 0 N–H and O–H groups in total.